The molecule has 1 heterocycles. The normalized spacial score (nSPS) is 11.7. The summed E-state index contributed by atoms with van der Waals surface area (Å²) in [4.78, 5) is 0. The zero-order valence-corrected chi connectivity index (χ0v) is 8.94. The Labute approximate surface area is 97.0 Å². The van der Waals surface area contributed by atoms with Gasteiger partial charge in [0.05, 0.1) is 0 Å². The van der Waals surface area contributed by atoms with Crippen LogP contribution in [0.3, 0.4) is 0 Å². The third-order valence-electron chi connectivity index (χ3n) is 1.55. The molecule has 0 saturated heterocycles. The predicted molar refractivity (Wildman–Crippen MR) is 41.0 cm³/mol. The van der Waals surface area contributed by atoms with Crippen molar-refractivity contribution in [2.24, 2.45) is 0 Å². The molecule has 1 aliphatic heterocycles. The summed E-state index contributed by atoms with van der Waals surface area (Å²) in [5.74, 6) is 0.991. The summed E-state index contributed by atoms with van der Waals surface area (Å²) in [6, 6.07) is 8.03. The standard InChI is InChI=1S/C9H8O.Ni.Ti/c1-2-6-9-8(4-1)5-3-7-10-9;;/h1-6H,7H2;;. The molecule has 0 aliphatic carbocycles. The van der Waals surface area contributed by atoms with E-state index in [-0.39, 0.29) is 38.2 Å². The molecule has 0 amide bonds. The Morgan fingerprint density at radius 1 is 1.17 bits per heavy atom. The van der Waals surface area contributed by atoms with E-state index in [9.17, 15) is 0 Å². The summed E-state index contributed by atoms with van der Waals surface area (Å²) in [6.45, 7) is 0.705. The van der Waals surface area contributed by atoms with Gasteiger partial charge in [0.2, 0.25) is 0 Å². The maximum Gasteiger partial charge on any atom is 0.126 e. The van der Waals surface area contributed by atoms with Crippen LogP contribution in [-0.4, -0.2) is 6.61 Å². The van der Waals surface area contributed by atoms with Crippen LogP contribution in [0.5, 0.6) is 5.75 Å². The van der Waals surface area contributed by atoms with Crippen molar-refractivity contribution < 1.29 is 42.9 Å². The molecule has 64 valence electrons. The van der Waals surface area contributed by atoms with Gasteiger partial charge in [-0.3, -0.25) is 0 Å². The Kier molecular flexibility index (Phi) is 5.57. The average Bonchev–Trinajstić information content (AvgIpc) is 2.05. The monoisotopic (exact) mass is 238 g/mol. The minimum atomic E-state index is 0. The van der Waals surface area contributed by atoms with Crippen molar-refractivity contribution >= 4 is 6.08 Å². The average molecular weight is 239 g/mol. The van der Waals surface area contributed by atoms with E-state index < -0.39 is 0 Å². The van der Waals surface area contributed by atoms with Crippen LogP contribution in [-0.2, 0) is 38.2 Å². The number of rotatable bonds is 0. The van der Waals surface area contributed by atoms with Crippen molar-refractivity contribution in [3.63, 3.8) is 0 Å². The fourth-order valence-electron chi connectivity index (χ4n) is 1.06. The molecule has 0 unspecified atom stereocenters. The summed E-state index contributed by atoms with van der Waals surface area (Å²) in [6.07, 6.45) is 4.10. The second kappa shape index (κ2) is 5.59. The van der Waals surface area contributed by atoms with Crippen LogP contribution >= 0.6 is 0 Å². The van der Waals surface area contributed by atoms with Crippen molar-refractivity contribution in [3.05, 3.63) is 35.9 Å². The van der Waals surface area contributed by atoms with Gasteiger partial charge in [-0.1, -0.05) is 24.3 Å². The number of para-hydroxylation sites is 1. The largest absolute Gasteiger partial charge is 0.489 e. The summed E-state index contributed by atoms with van der Waals surface area (Å²) in [5.41, 5.74) is 1.17. The molecule has 1 nitrogen and oxygen atoms in total. The van der Waals surface area contributed by atoms with Crippen molar-refractivity contribution in [2.75, 3.05) is 6.61 Å². The maximum absolute atomic E-state index is 5.34. The summed E-state index contributed by atoms with van der Waals surface area (Å²) in [7, 11) is 0. The Morgan fingerprint density at radius 2 is 1.92 bits per heavy atom. The van der Waals surface area contributed by atoms with Gasteiger partial charge in [0.25, 0.3) is 0 Å². The molecule has 0 radical (unpaired) electrons. The van der Waals surface area contributed by atoms with Crippen LogP contribution < -0.4 is 4.74 Å². The molecule has 1 aromatic rings. The molecule has 0 bridgehead atoms. The Bertz CT molecular complexity index is 273. The van der Waals surface area contributed by atoms with E-state index >= 15 is 0 Å². The van der Waals surface area contributed by atoms with Crippen LogP contribution in [0.25, 0.3) is 6.08 Å². The van der Waals surface area contributed by atoms with E-state index in [1.54, 1.807) is 0 Å². The van der Waals surface area contributed by atoms with E-state index in [0.717, 1.165) is 5.75 Å². The van der Waals surface area contributed by atoms with Crippen LogP contribution in [0.2, 0.25) is 0 Å². The zero-order valence-electron chi connectivity index (χ0n) is 6.40. The summed E-state index contributed by atoms with van der Waals surface area (Å²) in [5, 5.41) is 0. The first-order valence-electron chi connectivity index (χ1n) is 3.35. The van der Waals surface area contributed by atoms with Gasteiger partial charge >= 0.3 is 0 Å². The fraction of sp³-hybridized carbons (Fsp3) is 0.111. The molecular weight excluding hydrogens is 231 g/mol. The second-order valence-electron chi connectivity index (χ2n) is 2.25. The van der Waals surface area contributed by atoms with Crippen LogP contribution in [0.4, 0.5) is 0 Å². The number of hydrogen-bond donors (Lipinski definition) is 0. The van der Waals surface area contributed by atoms with Crippen LogP contribution in [0, 0.1) is 0 Å². The smallest absolute Gasteiger partial charge is 0.126 e. The molecule has 1 aliphatic rings. The van der Waals surface area contributed by atoms with E-state index in [1.807, 2.05) is 30.3 Å². The zero-order chi connectivity index (χ0) is 6.81. The fourth-order valence-corrected chi connectivity index (χ4v) is 1.06. The molecule has 2 rings (SSSR count). The molecule has 0 saturated carbocycles. The molecule has 1 aromatic carbocycles. The summed E-state index contributed by atoms with van der Waals surface area (Å²) < 4.78 is 5.34. The minimum absolute atomic E-state index is 0. The van der Waals surface area contributed by atoms with Crippen LogP contribution in [0.1, 0.15) is 5.56 Å². The first kappa shape index (κ1) is 12.0. The molecule has 0 fully saturated rings. The van der Waals surface area contributed by atoms with Gasteiger partial charge < -0.3 is 4.74 Å². The Morgan fingerprint density at radius 3 is 2.67 bits per heavy atom. The second-order valence-corrected chi connectivity index (χ2v) is 2.25. The Hall–Kier alpha value is -0.0322. The SMILES string of the molecule is C1=Cc2ccccc2OC1.[Ni].[Ti]. The van der Waals surface area contributed by atoms with Gasteiger partial charge in [0.1, 0.15) is 12.4 Å². The van der Waals surface area contributed by atoms with Gasteiger partial charge in [-0.2, -0.15) is 0 Å². The molecule has 0 N–H and O–H groups in total. The third-order valence-corrected chi connectivity index (χ3v) is 1.55. The van der Waals surface area contributed by atoms with Gasteiger partial charge in [0.15, 0.2) is 0 Å². The van der Waals surface area contributed by atoms with Gasteiger partial charge in [-0.25, -0.2) is 0 Å². The van der Waals surface area contributed by atoms with Gasteiger partial charge in [-0.05, 0) is 12.1 Å². The molecule has 0 atom stereocenters. The summed E-state index contributed by atoms with van der Waals surface area (Å²) >= 11 is 0. The first-order valence-corrected chi connectivity index (χ1v) is 3.35. The van der Waals surface area contributed by atoms with E-state index in [2.05, 4.69) is 6.08 Å². The number of benzene rings is 1. The number of fused-ring (bicyclic) bond motifs is 1. The molecule has 0 aromatic heterocycles. The molecule has 3 heteroatoms. The Balaban J connectivity index is 0.000000605. The first-order chi connectivity index (χ1) is 4.97. The molecule has 0 spiro atoms. The van der Waals surface area contributed by atoms with Gasteiger partial charge in [0, 0.05) is 43.8 Å². The van der Waals surface area contributed by atoms with E-state index in [0.29, 0.717) is 6.61 Å². The third kappa shape index (κ3) is 2.48. The molecular formula is C9H8NiOTi. The van der Waals surface area contributed by atoms with E-state index in [1.165, 1.54) is 5.56 Å². The topological polar surface area (TPSA) is 9.23 Å². The van der Waals surface area contributed by atoms with E-state index in [4.69, 9.17) is 4.74 Å². The van der Waals surface area contributed by atoms with Crippen LogP contribution in [0.15, 0.2) is 30.3 Å². The minimum Gasteiger partial charge on any atom is -0.489 e. The quantitative estimate of drug-likeness (QED) is 0.629. The van der Waals surface area contributed by atoms with Crippen molar-refractivity contribution in [3.8, 4) is 5.75 Å². The van der Waals surface area contributed by atoms with Gasteiger partial charge in [-0.15, -0.1) is 0 Å². The number of hydrogen-bond acceptors (Lipinski definition) is 1. The number of ether oxygens (including phenoxy) is 1. The predicted octanol–water partition coefficient (Wildman–Crippen LogP) is 2.09. The van der Waals surface area contributed by atoms with Crippen molar-refractivity contribution in [2.45, 2.75) is 0 Å². The maximum atomic E-state index is 5.34. The molecule has 12 heavy (non-hydrogen) atoms. The van der Waals surface area contributed by atoms with Crippen molar-refractivity contribution in [1.29, 1.82) is 0 Å². The van der Waals surface area contributed by atoms with Crippen molar-refractivity contribution in [1.82, 2.24) is 0 Å².